The average Bonchev–Trinajstić information content (AvgIpc) is 3.03. The highest BCUT2D eigenvalue weighted by atomic mass is 16.6. The Morgan fingerprint density at radius 3 is 2.22 bits per heavy atom. The summed E-state index contributed by atoms with van der Waals surface area (Å²) in [6.07, 6.45) is 0.248. The number of carbonyl (C=O) groups is 4. The van der Waals surface area contributed by atoms with Crippen LogP contribution in [0.15, 0.2) is 18.2 Å². The molecule has 4 unspecified atom stereocenters. The van der Waals surface area contributed by atoms with Crippen LogP contribution in [0.4, 0.5) is 0 Å². The van der Waals surface area contributed by atoms with E-state index < -0.39 is 47.2 Å². The smallest absolute Gasteiger partial charge is 0.321 e. The lowest BCUT2D eigenvalue weighted by Gasteiger charge is -2.33. The molecule has 0 aromatic heterocycles. The highest BCUT2D eigenvalue weighted by Crippen LogP contribution is 2.51. The molecule has 0 radical (unpaired) electrons. The number of esters is 4. The summed E-state index contributed by atoms with van der Waals surface area (Å²) in [5.41, 5.74) is 0.955. The van der Waals surface area contributed by atoms with E-state index in [9.17, 15) is 19.2 Å². The van der Waals surface area contributed by atoms with Crippen LogP contribution in [-0.4, -0.2) is 29.5 Å². The second-order valence-corrected chi connectivity index (χ2v) is 8.28. The third-order valence-corrected chi connectivity index (χ3v) is 5.27. The molecular weight excluding hydrogens is 352 g/mol. The standard InChI is InChI=1S/C20H20O7/c1-20(2,3)27-9-4-5-10-11(13-8-15(21)25-17(13)22)7-14-16(12(10)6-9)19(24)26-18(14)23/h4-6,11,13-14,16H,7-8H2,1-3H3. The molecule has 1 aliphatic carbocycles. The van der Waals surface area contributed by atoms with Crippen LogP contribution >= 0.6 is 0 Å². The second kappa shape index (κ2) is 5.90. The molecule has 1 aromatic carbocycles. The summed E-state index contributed by atoms with van der Waals surface area (Å²) >= 11 is 0. The van der Waals surface area contributed by atoms with Crippen molar-refractivity contribution in [2.45, 2.75) is 51.0 Å². The molecule has 4 atom stereocenters. The van der Waals surface area contributed by atoms with Crippen LogP contribution in [0.1, 0.15) is 56.6 Å². The zero-order valence-electron chi connectivity index (χ0n) is 15.3. The number of hydrogen-bond acceptors (Lipinski definition) is 7. The van der Waals surface area contributed by atoms with E-state index in [2.05, 4.69) is 0 Å². The van der Waals surface area contributed by atoms with E-state index >= 15 is 0 Å². The Hall–Kier alpha value is -2.70. The third kappa shape index (κ3) is 3.01. The van der Waals surface area contributed by atoms with Crippen molar-refractivity contribution < 1.29 is 33.4 Å². The highest BCUT2D eigenvalue weighted by Gasteiger charge is 2.53. The molecule has 0 bridgehead atoms. The van der Waals surface area contributed by atoms with Crippen LogP contribution in [0, 0.1) is 11.8 Å². The monoisotopic (exact) mass is 372 g/mol. The van der Waals surface area contributed by atoms with E-state index in [-0.39, 0.29) is 18.8 Å². The molecule has 0 amide bonds. The maximum absolute atomic E-state index is 12.3. The minimum Gasteiger partial charge on any atom is -0.488 e. The zero-order chi connectivity index (χ0) is 19.5. The summed E-state index contributed by atoms with van der Waals surface area (Å²) < 4.78 is 15.5. The number of cyclic esters (lactones) is 4. The molecule has 1 aromatic rings. The van der Waals surface area contributed by atoms with Gasteiger partial charge in [-0.25, -0.2) is 0 Å². The van der Waals surface area contributed by atoms with Crippen molar-refractivity contribution >= 4 is 23.9 Å². The molecule has 7 heteroatoms. The Morgan fingerprint density at radius 1 is 0.889 bits per heavy atom. The second-order valence-electron chi connectivity index (χ2n) is 8.28. The van der Waals surface area contributed by atoms with Crippen molar-refractivity contribution in [1.82, 2.24) is 0 Å². The number of ether oxygens (including phenoxy) is 3. The van der Waals surface area contributed by atoms with Crippen molar-refractivity contribution in [3.63, 3.8) is 0 Å². The van der Waals surface area contributed by atoms with E-state index in [1.54, 1.807) is 12.1 Å². The molecule has 2 heterocycles. The number of rotatable bonds is 2. The molecule has 0 saturated carbocycles. The van der Waals surface area contributed by atoms with E-state index in [0.29, 0.717) is 11.3 Å². The molecule has 2 saturated heterocycles. The third-order valence-electron chi connectivity index (χ3n) is 5.27. The zero-order valence-corrected chi connectivity index (χ0v) is 15.3. The molecule has 27 heavy (non-hydrogen) atoms. The fraction of sp³-hybridized carbons (Fsp3) is 0.500. The van der Waals surface area contributed by atoms with Crippen LogP contribution in [0.25, 0.3) is 0 Å². The van der Waals surface area contributed by atoms with Crippen molar-refractivity contribution in [1.29, 1.82) is 0 Å². The summed E-state index contributed by atoms with van der Waals surface area (Å²) in [6.45, 7) is 5.72. The summed E-state index contributed by atoms with van der Waals surface area (Å²) in [6, 6.07) is 5.33. The first-order chi connectivity index (χ1) is 12.6. The van der Waals surface area contributed by atoms with Crippen LogP contribution in [0.5, 0.6) is 5.75 Å². The normalized spacial score (nSPS) is 29.9. The fourth-order valence-corrected chi connectivity index (χ4v) is 4.27. The average molecular weight is 372 g/mol. The Bertz CT molecular complexity index is 864. The Kier molecular flexibility index (Phi) is 3.87. The lowest BCUT2D eigenvalue weighted by atomic mass is 9.67. The van der Waals surface area contributed by atoms with Gasteiger partial charge >= 0.3 is 23.9 Å². The van der Waals surface area contributed by atoms with E-state index in [1.165, 1.54) is 0 Å². The number of fused-ring (bicyclic) bond motifs is 3. The van der Waals surface area contributed by atoms with Crippen molar-refractivity contribution in [3.8, 4) is 5.75 Å². The summed E-state index contributed by atoms with van der Waals surface area (Å²) in [5.74, 6) is -4.16. The lowest BCUT2D eigenvalue weighted by molar-refractivity contribution is -0.155. The van der Waals surface area contributed by atoms with E-state index in [4.69, 9.17) is 14.2 Å². The van der Waals surface area contributed by atoms with Gasteiger partial charge in [0.25, 0.3) is 0 Å². The molecule has 3 aliphatic rings. The van der Waals surface area contributed by atoms with Gasteiger partial charge in [-0.05, 0) is 56.4 Å². The first-order valence-corrected chi connectivity index (χ1v) is 8.97. The van der Waals surface area contributed by atoms with Gasteiger partial charge in [0.15, 0.2) is 0 Å². The van der Waals surface area contributed by atoms with Gasteiger partial charge in [0, 0.05) is 0 Å². The first-order valence-electron chi connectivity index (χ1n) is 8.97. The van der Waals surface area contributed by atoms with Crippen molar-refractivity contribution in [2.24, 2.45) is 11.8 Å². The van der Waals surface area contributed by atoms with Crippen LogP contribution in [0.2, 0.25) is 0 Å². The van der Waals surface area contributed by atoms with Crippen LogP contribution < -0.4 is 4.74 Å². The molecule has 4 rings (SSSR count). The van der Waals surface area contributed by atoms with E-state index in [0.717, 1.165) is 5.56 Å². The molecule has 7 nitrogen and oxygen atoms in total. The van der Waals surface area contributed by atoms with Gasteiger partial charge in [0.1, 0.15) is 11.4 Å². The van der Waals surface area contributed by atoms with Gasteiger partial charge < -0.3 is 14.2 Å². The maximum atomic E-state index is 12.3. The Morgan fingerprint density at radius 2 is 1.59 bits per heavy atom. The Balaban J connectivity index is 1.80. The largest absolute Gasteiger partial charge is 0.488 e. The quantitative estimate of drug-likeness (QED) is 0.580. The van der Waals surface area contributed by atoms with Gasteiger partial charge in [-0.3, -0.25) is 19.2 Å². The topological polar surface area (TPSA) is 96.0 Å². The minimum atomic E-state index is -0.708. The van der Waals surface area contributed by atoms with Gasteiger partial charge in [0.2, 0.25) is 0 Å². The SMILES string of the molecule is CC(C)(C)Oc1ccc2c(c1)C1C(=O)OC(=O)C1CC2C1CC(=O)OC1=O. The molecule has 142 valence electrons. The number of benzene rings is 1. The van der Waals surface area contributed by atoms with Crippen LogP contribution in [-0.2, 0) is 28.7 Å². The maximum Gasteiger partial charge on any atom is 0.321 e. The van der Waals surface area contributed by atoms with Gasteiger partial charge in [0.05, 0.1) is 24.2 Å². The van der Waals surface area contributed by atoms with Gasteiger partial charge in [-0.2, -0.15) is 0 Å². The molecule has 0 N–H and O–H groups in total. The predicted octanol–water partition coefficient (Wildman–Crippen LogP) is 2.22. The van der Waals surface area contributed by atoms with Crippen molar-refractivity contribution in [2.75, 3.05) is 0 Å². The predicted molar refractivity (Wildman–Crippen MR) is 90.7 cm³/mol. The first kappa shape index (κ1) is 17.7. The number of carbonyl (C=O) groups excluding carboxylic acids is 4. The number of hydrogen-bond donors (Lipinski definition) is 0. The molecule has 2 aliphatic heterocycles. The summed E-state index contributed by atoms with van der Waals surface area (Å²) in [4.78, 5) is 48.2. The fourth-order valence-electron chi connectivity index (χ4n) is 4.27. The molecular formula is C20H20O7. The summed E-state index contributed by atoms with van der Waals surface area (Å²) in [5, 5.41) is 0. The summed E-state index contributed by atoms with van der Waals surface area (Å²) in [7, 11) is 0. The van der Waals surface area contributed by atoms with Gasteiger partial charge in [-0.15, -0.1) is 0 Å². The lowest BCUT2D eigenvalue weighted by Crippen LogP contribution is -2.31. The molecule has 0 spiro atoms. The molecule has 2 fully saturated rings. The van der Waals surface area contributed by atoms with E-state index in [1.807, 2.05) is 26.8 Å². The van der Waals surface area contributed by atoms with Crippen LogP contribution in [0.3, 0.4) is 0 Å². The highest BCUT2D eigenvalue weighted by molar-refractivity contribution is 6.01. The van der Waals surface area contributed by atoms with Gasteiger partial charge in [-0.1, -0.05) is 6.07 Å². The van der Waals surface area contributed by atoms with Crippen molar-refractivity contribution in [3.05, 3.63) is 29.3 Å². The Labute approximate surface area is 156 Å². The minimum absolute atomic E-state index is 0.0242.